The van der Waals surface area contributed by atoms with Gasteiger partial charge in [0, 0.05) is 5.33 Å². The van der Waals surface area contributed by atoms with Crippen molar-refractivity contribution in [3.63, 3.8) is 0 Å². The molecule has 0 aliphatic rings. The molecule has 0 saturated carbocycles. The Labute approximate surface area is 107 Å². The van der Waals surface area contributed by atoms with E-state index in [1.807, 2.05) is 0 Å². The van der Waals surface area contributed by atoms with Crippen molar-refractivity contribution in [3.8, 4) is 5.75 Å². The third-order valence-corrected chi connectivity index (χ3v) is 3.14. The van der Waals surface area contributed by atoms with E-state index < -0.39 is 0 Å². The molecule has 0 N–H and O–H groups in total. The molecular formula is C14H21BrO. The van der Waals surface area contributed by atoms with E-state index in [9.17, 15) is 0 Å². The molecule has 0 amide bonds. The summed E-state index contributed by atoms with van der Waals surface area (Å²) in [6.45, 7) is 9.58. The molecule has 0 aliphatic carbocycles. The maximum atomic E-state index is 5.71. The first kappa shape index (κ1) is 13.6. The Bertz CT molecular complexity index is 339. The predicted octanol–water partition coefficient (Wildman–Crippen LogP) is 4.46. The SMILES string of the molecule is Cc1cc(C(C)(C)C)ccc1OCCCBr. The van der Waals surface area contributed by atoms with Gasteiger partial charge in [0.25, 0.3) is 0 Å². The summed E-state index contributed by atoms with van der Waals surface area (Å²) in [4.78, 5) is 0. The van der Waals surface area contributed by atoms with Crippen LogP contribution in [0.3, 0.4) is 0 Å². The molecule has 16 heavy (non-hydrogen) atoms. The molecule has 0 bridgehead atoms. The summed E-state index contributed by atoms with van der Waals surface area (Å²) >= 11 is 3.40. The third-order valence-electron chi connectivity index (χ3n) is 2.58. The lowest BCUT2D eigenvalue weighted by molar-refractivity contribution is 0.316. The Balaban J connectivity index is 2.76. The molecule has 0 saturated heterocycles. The van der Waals surface area contributed by atoms with Crippen LogP contribution in [0.5, 0.6) is 5.75 Å². The molecule has 1 aromatic carbocycles. The largest absolute Gasteiger partial charge is 0.493 e. The number of rotatable bonds is 4. The van der Waals surface area contributed by atoms with Crippen molar-refractivity contribution in [2.45, 2.75) is 39.5 Å². The third kappa shape index (κ3) is 3.82. The average molecular weight is 285 g/mol. The molecule has 0 aromatic heterocycles. The normalized spacial score (nSPS) is 11.6. The lowest BCUT2D eigenvalue weighted by atomic mass is 9.86. The summed E-state index contributed by atoms with van der Waals surface area (Å²) in [6, 6.07) is 6.48. The fourth-order valence-electron chi connectivity index (χ4n) is 1.51. The summed E-state index contributed by atoms with van der Waals surface area (Å²) in [5.41, 5.74) is 2.79. The van der Waals surface area contributed by atoms with Gasteiger partial charge in [-0.25, -0.2) is 0 Å². The second kappa shape index (κ2) is 5.72. The molecule has 0 spiro atoms. The standard InChI is InChI=1S/C14H21BrO/c1-11-10-12(14(2,3)4)6-7-13(11)16-9-5-8-15/h6-7,10H,5,8-9H2,1-4H3. The van der Waals surface area contributed by atoms with E-state index in [4.69, 9.17) is 4.74 Å². The van der Waals surface area contributed by atoms with Crippen molar-refractivity contribution < 1.29 is 4.74 Å². The molecule has 0 aliphatic heterocycles. The van der Waals surface area contributed by atoms with Crippen LogP contribution in [0.1, 0.15) is 38.3 Å². The van der Waals surface area contributed by atoms with Gasteiger partial charge in [-0.15, -0.1) is 0 Å². The highest BCUT2D eigenvalue weighted by Crippen LogP contribution is 2.27. The van der Waals surface area contributed by atoms with E-state index in [0.29, 0.717) is 0 Å². The number of ether oxygens (including phenoxy) is 1. The molecule has 90 valence electrons. The first-order chi connectivity index (χ1) is 7.45. The molecule has 2 heteroatoms. The maximum Gasteiger partial charge on any atom is 0.122 e. The zero-order chi connectivity index (χ0) is 12.2. The Hall–Kier alpha value is -0.500. The number of hydrogen-bond acceptors (Lipinski definition) is 1. The van der Waals surface area contributed by atoms with E-state index in [-0.39, 0.29) is 5.41 Å². The second-order valence-electron chi connectivity index (χ2n) is 5.12. The first-order valence-corrected chi connectivity index (χ1v) is 6.87. The molecule has 1 rings (SSSR count). The highest BCUT2D eigenvalue weighted by atomic mass is 79.9. The zero-order valence-electron chi connectivity index (χ0n) is 10.6. The fraction of sp³-hybridized carbons (Fsp3) is 0.571. The number of alkyl halides is 1. The van der Waals surface area contributed by atoms with Crippen molar-refractivity contribution in [2.75, 3.05) is 11.9 Å². The lowest BCUT2D eigenvalue weighted by Crippen LogP contribution is -2.11. The van der Waals surface area contributed by atoms with Crippen LogP contribution in [0.4, 0.5) is 0 Å². The molecule has 1 nitrogen and oxygen atoms in total. The van der Waals surface area contributed by atoms with Gasteiger partial charge >= 0.3 is 0 Å². The van der Waals surface area contributed by atoms with E-state index in [0.717, 1.165) is 24.1 Å². The minimum Gasteiger partial charge on any atom is -0.493 e. The molecule has 0 atom stereocenters. The fourth-order valence-corrected chi connectivity index (χ4v) is 1.74. The second-order valence-corrected chi connectivity index (χ2v) is 5.91. The first-order valence-electron chi connectivity index (χ1n) is 5.75. The quantitative estimate of drug-likeness (QED) is 0.586. The summed E-state index contributed by atoms with van der Waals surface area (Å²) in [7, 11) is 0. The van der Waals surface area contributed by atoms with E-state index in [1.165, 1.54) is 11.1 Å². The van der Waals surface area contributed by atoms with Crippen LogP contribution in [0.2, 0.25) is 0 Å². The van der Waals surface area contributed by atoms with Gasteiger partial charge in [0.1, 0.15) is 5.75 Å². The summed E-state index contributed by atoms with van der Waals surface area (Å²) in [6.07, 6.45) is 1.04. The highest BCUT2D eigenvalue weighted by molar-refractivity contribution is 9.09. The summed E-state index contributed by atoms with van der Waals surface area (Å²) in [5, 5.41) is 0.992. The summed E-state index contributed by atoms with van der Waals surface area (Å²) < 4.78 is 5.71. The van der Waals surface area contributed by atoms with Crippen molar-refractivity contribution in [3.05, 3.63) is 29.3 Å². The Morgan fingerprint density at radius 2 is 1.94 bits per heavy atom. The van der Waals surface area contributed by atoms with Crippen LogP contribution in [-0.2, 0) is 5.41 Å². The van der Waals surface area contributed by atoms with Gasteiger partial charge in [0.15, 0.2) is 0 Å². The van der Waals surface area contributed by atoms with Gasteiger partial charge in [-0.3, -0.25) is 0 Å². The number of aryl methyl sites for hydroxylation is 1. The van der Waals surface area contributed by atoms with Gasteiger partial charge < -0.3 is 4.74 Å². The van der Waals surface area contributed by atoms with Crippen molar-refractivity contribution in [1.82, 2.24) is 0 Å². The van der Waals surface area contributed by atoms with Crippen molar-refractivity contribution in [2.24, 2.45) is 0 Å². The molecule has 0 fully saturated rings. The van der Waals surface area contributed by atoms with Gasteiger partial charge in [0.2, 0.25) is 0 Å². The molecule has 0 unspecified atom stereocenters. The van der Waals surface area contributed by atoms with Crippen LogP contribution in [-0.4, -0.2) is 11.9 Å². The van der Waals surface area contributed by atoms with Crippen LogP contribution in [0, 0.1) is 6.92 Å². The molecular weight excluding hydrogens is 264 g/mol. The van der Waals surface area contributed by atoms with Gasteiger partial charge in [0.05, 0.1) is 6.61 Å². The lowest BCUT2D eigenvalue weighted by Gasteiger charge is -2.20. The van der Waals surface area contributed by atoms with Crippen molar-refractivity contribution >= 4 is 15.9 Å². The van der Waals surface area contributed by atoms with Crippen LogP contribution in [0.15, 0.2) is 18.2 Å². The maximum absolute atomic E-state index is 5.71. The smallest absolute Gasteiger partial charge is 0.122 e. The summed E-state index contributed by atoms with van der Waals surface area (Å²) in [5.74, 6) is 1.01. The average Bonchev–Trinajstić information content (AvgIpc) is 2.19. The Morgan fingerprint density at radius 1 is 1.25 bits per heavy atom. The Kier molecular flexibility index (Phi) is 4.85. The zero-order valence-corrected chi connectivity index (χ0v) is 12.2. The molecule has 1 aromatic rings. The number of hydrogen-bond donors (Lipinski definition) is 0. The molecule has 0 radical (unpaired) electrons. The van der Waals surface area contributed by atoms with Crippen LogP contribution >= 0.6 is 15.9 Å². The molecule has 0 heterocycles. The van der Waals surface area contributed by atoms with Gasteiger partial charge in [-0.1, -0.05) is 48.8 Å². The predicted molar refractivity (Wildman–Crippen MR) is 73.8 cm³/mol. The minimum atomic E-state index is 0.207. The number of benzene rings is 1. The van der Waals surface area contributed by atoms with Gasteiger partial charge in [-0.05, 0) is 36.0 Å². The van der Waals surface area contributed by atoms with Crippen molar-refractivity contribution in [1.29, 1.82) is 0 Å². The number of halogens is 1. The monoisotopic (exact) mass is 284 g/mol. The van der Waals surface area contributed by atoms with E-state index in [2.05, 4.69) is 61.8 Å². The van der Waals surface area contributed by atoms with Gasteiger partial charge in [-0.2, -0.15) is 0 Å². The van der Waals surface area contributed by atoms with Crippen LogP contribution < -0.4 is 4.74 Å². The van der Waals surface area contributed by atoms with E-state index >= 15 is 0 Å². The highest BCUT2D eigenvalue weighted by Gasteiger charge is 2.14. The van der Waals surface area contributed by atoms with Crippen LogP contribution in [0.25, 0.3) is 0 Å². The van der Waals surface area contributed by atoms with E-state index in [1.54, 1.807) is 0 Å². The Morgan fingerprint density at radius 3 is 2.44 bits per heavy atom. The minimum absolute atomic E-state index is 0.207. The topological polar surface area (TPSA) is 9.23 Å².